The van der Waals surface area contributed by atoms with Gasteiger partial charge in [-0.15, -0.1) is 0 Å². The maximum atomic E-state index is 12.6. The van der Waals surface area contributed by atoms with Gasteiger partial charge in [0.15, 0.2) is 0 Å². The van der Waals surface area contributed by atoms with Crippen molar-refractivity contribution >= 4 is 52.9 Å². The Morgan fingerprint density at radius 3 is 2.19 bits per heavy atom. The molecule has 0 fully saturated rings. The molecule has 0 saturated carbocycles. The summed E-state index contributed by atoms with van der Waals surface area (Å²) >= 11 is 18.9. The van der Waals surface area contributed by atoms with E-state index in [9.17, 15) is 9.59 Å². The van der Waals surface area contributed by atoms with Crippen molar-refractivity contribution in [3.8, 4) is 16.9 Å². The number of hydrogen-bond acceptors (Lipinski definition) is 3. The Balaban J connectivity index is 1.94. The van der Waals surface area contributed by atoms with Crippen LogP contribution in [0.15, 0.2) is 60.7 Å². The highest BCUT2D eigenvalue weighted by Gasteiger charge is 2.17. The third-order valence-corrected chi connectivity index (χ3v) is 4.70. The average Bonchev–Trinajstić information content (AvgIpc) is 2.65. The van der Waals surface area contributed by atoms with Crippen LogP contribution in [0, 0.1) is 0 Å². The second-order valence-corrected chi connectivity index (χ2v) is 6.68. The average molecular weight is 421 g/mol. The molecule has 4 nitrogen and oxygen atoms in total. The van der Waals surface area contributed by atoms with Crippen LogP contribution in [0.25, 0.3) is 11.1 Å². The van der Waals surface area contributed by atoms with Gasteiger partial charge in [-0.25, -0.2) is 0 Å². The van der Waals surface area contributed by atoms with Crippen molar-refractivity contribution in [2.45, 2.75) is 0 Å². The molecule has 0 aliphatic carbocycles. The molecular weight excluding hydrogens is 409 g/mol. The molecule has 1 N–H and O–H groups in total. The highest BCUT2D eigenvalue weighted by atomic mass is 35.5. The van der Waals surface area contributed by atoms with E-state index < -0.39 is 5.91 Å². The first kappa shape index (κ1) is 19.2. The maximum absolute atomic E-state index is 12.6. The molecule has 0 heterocycles. The van der Waals surface area contributed by atoms with Gasteiger partial charge < -0.3 is 10.1 Å². The molecule has 3 aromatic carbocycles. The molecule has 0 aliphatic rings. The number of para-hydroxylation sites is 1. The van der Waals surface area contributed by atoms with Crippen molar-refractivity contribution in [2.75, 3.05) is 5.32 Å². The topological polar surface area (TPSA) is 55.4 Å². The second kappa shape index (κ2) is 8.44. The van der Waals surface area contributed by atoms with Crippen LogP contribution in [0.2, 0.25) is 15.1 Å². The number of nitrogens with one attached hydrogen (secondary N) is 1. The highest BCUT2D eigenvalue weighted by molar-refractivity contribution is 6.41. The third kappa shape index (κ3) is 4.25. The van der Waals surface area contributed by atoms with Crippen molar-refractivity contribution in [3.05, 3.63) is 81.3 Å². The second-order valence-electron chi connectivity index (χ2n) is 5.46. The lowest BCUT2D eigenvalue weighted by Gasteiger charge is -2.13. The molecule has 0 bridgehead atoms. The first-order chi connectivity index (χ1) is 13.0. The summed E-state index contributed by atoms with van der Waals surface area (Å²) in [5.41, 5.74) is 1.91. The van der Waals surface area contributed by atoms with Gasteiger partial charge in [0.2, 0.25) is 0 Å². The summed E-state index contributed by atoms with van der Waals surface area (Å²) in [5, 5.41) is 3.71. The Bertz CT molecular complexity index is 998. The van der Waals surface area contributed by atoms with Gasteiger partial charge in [-0.2, -0.15) is 0 Å². The van der Waals surface area contributed by atoms with E-state index in [1.54, 1.807) is 30.3 Å². The fourth-order valence-electron chi connectivity index (χ4n) is 2.53. The summed E-state index contributed by atoms with van der Waals surface area (Å²) in [7, 11) is 0. The number of benzene rings is 3. The lowest BCUT2D eigenvalue weighted by Crippen LogP contribution is -2.14. The first-order valence-electron chi connectivity index (χ1n) is 7.76. The quantitative estimate of drug-likeness (QED) is 0.507. The van der Waals surface area contributed by atoms with Crippen molar-refractivity contribution in [1.29, 1.82) is 0 Å². The molecule has 0 saturated heterocycles. The predicted octanol–water partition coefficient (Wildman–Crippen LogP) is 6.10. The summed E-state index contributed by atoms with van der Waals surface area (Å²) in [4.78, 5) is 23.2. The molecule has 3 rings (SSSR count). The molecule has 0 aliphatic heterocycles. The third-order valence-electron chi connectivity index (χ3n) is 3.77. The van der Waals surface area contributed by atoms with Crippen LogP contribution in [-0.4, -0.2) is 12.4 Å². The molecule has 3 aromatic rings. The molecule has 0 aromatic heterocycles. The van der Waals surface area contributed by atoms with Crippen LogP contribution < -0.4 is 10.1 Å². The monoisotopic (exact) mass is 419 g/mol. The predicted molar refractivity (Wildman–Crippen MR) is 108 cm³/mol. The van der Waals surface area contributed by atoms with E-state index >= 15 is 0 Å². The fraction of sp³-hybridized carbons (Fsp3) is 0. The standard InChI is InChI=1S/C20H12Cl3NO3/c21-15-7-3-1-5-13(15)12-9-16(22)19(17(23)10-12)24-20(26)14-6-2-4-8-18(14)27-11-25/h1-11H,(H,24,26). The van der Waals surface area contributed by atoms with Gasteiger partial charge in [-0.3, -0.25) is 9.59 Å². The van der Waals surface area contributed by atoms with E-state index in [2.05, 4.69) is 5.32 Å². The summed E-state index contributed by atoms with van der Waals surface area (Å²) in [5.74, 6) is -0.383. The van der Waals surface area contributed by atoms with Crippen LogP contribution in [-0.2, 0) is 4.79 Å². The Labute approximate surface area is 170 Å². The Morgan fingerprint density at radius 1 is 0.889 bits per heavy atom. The SMILES string of the molecule is O=COc1ccccc1C(=O)Nc1c(Cl)cc(-c2ccccc2Cl)cc1Cl. The summed E-state index contributed by atoms with van der Waals surface area (Å²) in [6.45, 7) is 0.254. The van der Waals surface area contributed by atoms with Crippen molar-refractivity contribution in [1.82, 2.24) is 0 Å². The molecule has 136 valence electrons. The number of carbonyl (C=O) groups excluding carboxylic acids is 2. The number of ether oxygens (including phenoxy) is 1. The van der Waals surface area contributed by atoms with Crippen molar-refractivity contribution in [3.63, 3.8) is 0 Å². The van der Waals surface area contributed by atoms with E-state index in [0.717, 1.165) is 11.1 Å². The maximum Gasteiger partial charge on any atom is 0.298 e. The van der Waals surface area contributed by atoms with E-state index in [4.69, 9.17) is 39.5 Å². The van der Waals surface area contributed by atoms with Crippen molar-refractivity contribution < 1.29 is 14.3 Å². The van der Waals surface area contributed by atoms with E-state index in [0.29, 0.717) is 5.02 Å². The number of rotatable bonds is 5. The number of hydrogen-bond donors (Lipinski definition) is 1. The summed E-state index contributed by atoms with van der Waals surface area (Å²) in [6, 6.07) is 16.9. The lowest BCUT2D eigenvalue weighted by molar-refractivity contribution is -0.120. The number of carbonyl (C=O) groups is 2. The largest absolute Gasteiger partial charge is 0.428 e. The lowest BCUT2D eigenvalue weighted by atomic mass is 10.1. The zero-order valence-electron chi connectivity index (χ0n) is 13.7. The van der Waals surface area contributed by atoms with Crippen LogP contribution in [0.3, 0.4) is 0 Å². The molecular formula is C20H12Cl3NO3. The summed E-state index contributed by atoms with van der Waals surface area (Å²) in [6.07, 6.45) is 0. The molecule has 7 heteroatoms. The zero-order chi connectivity index (χ0) is 19.4. The fourth-order valence-corrected chi connectivity index (χ4v) is 3.36. The van der Waals surface area contributed by atoms with Gasteiger partial charge >= 0.3 is 0 Å². The number of amides is 1. The van der Waals surface area contributed by atoms with Crippen LogP contribution in [0.1, 0.15) is 10.4 Å². The Morgan fingerprint density at radius 2 is 1.52 bits per heavy atom. The van der Waals surface area contributed by atoms with Crippen LogP contribution >= 0.6 is 34.8 Å². The van der Waals surface area contributed by atoms with Gasteiger partial charge in [0, 0.05) is 10.6 Å². The molecule has 0 spiro atoms. The number of halogens is 3. The van der Waals surface area contributed by atoms with Gasteiger partial charge in [0.05, 0.1) is 21.3 Å². The minimum absolute atomic E-state index is 0.130. The smallest absolute Gasteiger partial charge is 0.298 e. The van der Waals surface area contributed by atoms with E-state index in [1.165, 1.54) is 12.1 Å². The minimum Gasteiger partial charge on any atom is -0.428 e. The molecule has 27 heavy (non-hydrogen) atoms. The van der Waals surface area contributed by atoms with Gasteiger partial charge in [0.1, 0.15) is 5.75 Å². The zero-order valence-corrected chi connectivity index (χ0v) is 16.0. The van der Waals surface area contributed by atoms with Crippen LogP contribution in [0.4, 0.5) is 5.69 Å². The van der Waals surface area contributed by atoms with E-state index in [-0.39, 0.29) is 33.5 Å². The normalized spacial score (nSPS) is 10.3. The highest BCUT2D eigenvalue weighted by Crippen LogP contribution is 2.38. The van der Waals surface area contributed by atoms with Gasteiger partial charge in [-0.05, 0) is 35.9 Å². The Kier molecular flexibility index (Phi) is 6.01. The molecule has 0 unspecified atom stereocenters. The molecule has 0 atom stereocenters. The molecule has 1 amide bonds. The van der Waals surface area contributed by atoms with Crippen molar-refractivity contribution in [2.24, 2.45) is 0 Å². The molecule has 0 radical (unpaired) electrons. The summed E-state index contributed by atoms with van der Waals surface area (Å²) < 4.78 is 4.82. The minimum atomic E-state index is -0.512. The first-order valence-corrected chi connectivity index (χ1v) is 8.89. The Hall–Kier alpha value is -2.53. The van der Waals surface area contributed by atoms with Crippen LogP contribution in [0.5, 0.6) is 5.75 Å². The van der Waals surface area contributed by atoms with E-state index in [1.807, 2.05) is 18.2 Å². The number of anilines is 1. The van der Waals surface area contributed by atoms with Gasteiger partial charge in [-0.1, -0.05) is 65.1 Å². The van der Waals surface area contributed by atoms with Gasteiger partial charge in [0.25, 0.3) is 12.4 Å².